The van der Waals surface area contributed by atoms with Gasteiger partial charge in [-0.2, -0.15) is 0 Å². The number of ether oxygens (including phenoxy) is 1. The highest BCUT2D eigenvalue weighted by molar-refractivity contribution is 6.22. The van der Waals surface area contributed by atoms with Crippen molar-refractivity contribution in [2.45, 2.75) is 26.3 Å². The van der Waals surface area contributed by atoms with Crippen LogP contribution in [0.2, 0.25) is 0 Å². The molecule has 0 aromatic heterocycles. The van der Waals surface area contributed by atoms with Gasteiger partial charge in [0, 0.05) is 16.9 Å². The van der Waals surface area contributed by atoms with Gasteiger partial charge in [-0.3, -0.25) is 14.5 Å². The van der Waals surface area contributed by atoms with Gasteiger partial charge in [0.2, 0.25) is 0 Å². The molecule has 3 rings (SSSR count). The van der Waals surface area contributed by atoms with Crippen molar-refractivity contribution in [3.63, 3.8) is 0 Å². The lowest BCUT2D eigenvalue weighted by atomic mass is 10.1. The first-order valence-corrected chi connectivity index (χ1v) is 8.45. The summed E-state index contributed by atoms with van der Waals surface area (Å²) in [6.45, 7) is 5.41. The molecule has 0 saturated heterocycles. The van der Waals surface area contributed by atoms with Gasteiger partial charge in [-0.25, -0.2) is 4.79 Å². The van der Waals surface area contributed by atoms with Crippen molar-refractivity contribution < 1.29 is 19.1 Å². The number of fused-ring (bicyclic) bond motifs is 1. The molecule has 0 fully saturated rings. The van der Waals surface area contributed by atoms with Crippen molar-refractivity contribution in [1.82, 2.24) is 4.90 Å². The first-order chi connectivity index (χ1) is 12.7. The average molecular weight is 367 g/mol. The van der Waals surface area contributed by atoms with Crippen molar-refractivity contribution in [2.24, 2.45) is 0 Å². The Morgan fingerprint density at radius 1 is 0.889 bits per heavy atom. The van der Waals surface area contributed by atoms with Gasteiger partial charge in [0.05, 0.1) is 18.2 Å². The van der Waals surface area contributed by atoms with Crippen LogP contribution < -0.4 is 15.4 Å². The van der Waals surface area contributed by atoms with Gasteiger partial charge in [-0.15, -0.1) is 0 Å². The fourth-order valence-corrected chi connectivity index (χ4v) is 2.90. The molecule has 4 amide bonds. The number of methoxy groups -OCH3 is 1. The topological polar surface area (TPSA) is 87.7 Å². The lowest BCUT2D eigenvalue weighted by molar-refractivity contribution is 0.0507. The monoisotopic (exact) mass is 367 g/mol. The molecule has 2 aromatic carbocycles. The number of hydrogen-bond acceptors (Lipinski definition) is 4. The highest BCUT2D eigenvalue weighted by Crippen LogP contribution is 2.31. The second-order valence-corrected chi connectivity index (χ2v) is 7.18. The molecular formula is C20H21N3O4. The summed E-state index contributed by atoms with van der Waals surface area (Å²) in [6.07, 6.45) is 0. The fraction of sp³-hybridized carbons (Fsp3) is 0.250. The largest absolute Gasteiger partial charge is 0.497 e. The number of anilines is 2. The van der Waals surface area contributed by atoms with Crippen LogP contribution in [0.1, 0.15) is 41.5 Å². The van der Waals surface area contributed by atoms with Crippen molar-refractivity contribution in [3.05, 3.63) is 53.6 Å². The first-order valence-electron chi connectivity index (χ1n) is 8.45. The molecule has 2 aromatic rings. The molecule has 140 valence electrons. The van der Waals surface area contributed by atoms with Gasteiger partial charge in [0.1, 0.15) is 5.75 Å². The molecule has 1 aliphatic rings. The molecule has 0 atom stereocenters. The molecule has 0 spiro atoms. The van der Waals surface area contributed by atoms with E-state index in [1.165, 1.54) is 11.0 Å². The van der Waals surface area contributed by atoms with Crippen LogP contribution in [0.3, 0.4) is 0 Å². The summed E-state index contributed by atoms with van der Waals surface area (Å²) in [7, 11) is 1.57. The molecule has 7 heteroatoms. The third-order valence-electron chi connectivity index (χ3n) is 4.16. The highest BCUT2D eigenvalue weighted by atomic mass is 16.5. The van der Waals surface area contributed by atoms with Gasteiger partial charge < -0.3 is 15.4 Å². The number of amides is 4. The minimum atomic E-state index is -0.619. The number of nitrogens with zero attached hydrogens (tertiary/aromatic N) is 1. The van der Waals surface area contributed by atoms with E-state index < -0.39 is 11.6 Å². The van der Waals surface area contributed by atoms with E-state index in [2.05, 4.69) is 10.6 Å². The molecule has 0 saturated carbocycles. The predicted molar refractivity (Wildman–Crippen MR) is 102 cm³/mol. The Morgan fingerprint density at radius 2 is 1.44 bits per heavy atom. The van der Waals surface area contributed by atoms with Crippen LogP contribution in [-0.4, -0.2) is 35.4 Å². The summed E-state index contributed by atoms with van der Waals surface area (Å²) in [4.78, 5) is 38.5. The number of benzene rings is 2. The normalized spacial score (nSPS) is 13.4. The van der Waals surface area contributed by atoms with E-state index in [-0.39, 0.29) is 17.4 Å². The Hall–Kier alpha value is -3.35. The molecule has 27 heavy (non-hydrogen) atoms. The highest BCUT2D eigenvalue weighted by Gasteiger charge is 2.41. The SMILES string of the molecule is COc1ccc(NC(=O)Nc2ccc3c(c2)C(=O)N(C(C)(C)C)C3=O)cc1. The summed E-state index contributed by atoms with van der Waals surface area (Å²) in [5.41, 5.74) is 1.04. The number of carbonyl (C=O) groups excluding carboxylic acids is 3. The molecule has 0 radical (unpaired) electrons. The Bertz CT molecular complexity index is 914. The summed E-state index contributed by atoms with van der Waals surface area (Å²) >= 11 is 0. The number of hydrogen-bond donors (Lipinski definition) is 2. The standard InChI is InChI=1S/C20H21N3O4/c1-20(2,3)23-17(24)15-10-7-13(11-16(15)18(23)25)22-19(26)21-12-5-8-14(27-4)9-6-12/h5-11H,1-4H3,(H2,21,22,26). The third kappa shape index (κ3) is 3.62. The molecule has 1 heterocycles. The number of imide groups is 1. The third-order valence-corrected chi connectivity index (χ3v) is 4.16. The summed E-state index contributed by atoms with van der Waals surface area (Å²) < 4.78 is 5.07. The van der Waals surface area contributed by atoms with Crippen LogP contribution >= 0.6 is 0 Å². The molecule has 0 unspecified atom stereocenters. The Morgan fingerprint density at radius 3 is 2.04 bits per heavy atom. The van der Waals surface area contributed by atoms with Crippen LogP contribution in [0.4, 0.5) is 16.2 Å². The van der Waals surface area contributed by atoms with E-state index in [1.807, 2.05) is 0 Å². The van der Waals surface area contributed by atoms with Crippen LogP contribution in [0.15, 0.2) is 42.5 Å². The minimum absolute atomic E-state index is 0.289. The average Bonchev–Trinajstić information content (AvgIpc) is 2.86. The van der Waals surface area contributed by atoms with Gasteiger partial charge in [0.25, 0.3) is 11.8 Å². The van der Waals surface area contributed by atoms with Gasteiger partial charge in [-0.1, -0.05) is 0 Å². The number of rotatable bonds is 3. The quantitative estimate of drug-likeness (QED) is 0.809. The van der Waals surface area contributed by atoms with Gasteiger partial charge in [0.15, 0.2) is 0 Å². The lowest BCUT2D eigenvalue weighted by Crippen LogP contribution is -2.45. The maximum Gasteiger partial charge on any atom is 0.323 e. The zero-order valence-electron chi connectivity index (χ0n) is 15.6. The zero-order valence-corrected chi connectivity index (χ0v) is 15.6. The summed E-state index contributed by atoms with van der Waals surface area (Å²) in [5, 5.41) is 5.37. The van der Waals surface area contributed by atoms with Crippen molar-refractivity contribution in [2.75, 3.05) is 17.7 Å². The van der Waals surface area contributed by atoms with Crippen LogP contribution in [0, 0.1) is 0 Å². The van der Waals surface area contributed by atoms with E-state index in [9.17, 15) is 14.4 Å². The molecule has 0 aliphatic carbocycles. The Labute approximate surface area is 157 Å². The molecule has 7 nitrogen and oxygen atoms in total. The van der Waals surface area contributed by atoms with E-state index in [1.54, 1.807) is 64.3 Å². The zero-order chi connectivity index (χ0) is 19.8. The maximum atomic E-state index is 12.6. The first kappa shape index (κ1) is 18.4. The van der Waals surface area contributed by atoms with Crippen molar-refractivity contribution >= 4 is 29.2 Å². The summed E-state index contributed by atoms with van der Waals surface area (Å²) in [6, 6.07) is 11.1. The van der Waals surface area contributed by atoms with Crippen LogP contribution in [0.25, 0.3) is 0 Å². The van der Waals surface area contributed by atoms with Crippen LogP contribution in [0.5, 0.6) is 5.75 Å². The Balaban J connectivity index is 1.74. The van der Waals surface area contributed by atoms with E-state index in [0.717, 1.165) is 0 Å². The second-order valence-electron chi connectivity index (χ2n) is 7.18. The van der Waals surface area contributed by atoms with Crippen LogP contribution in [-0.2, 0) is 0 Å². The predicted octanol–water partition coefficient (Wildman–Crippen LogP) is 3.73. The lowest BCUT2D eigenvalue weighted by Gasteiger charge is -2.29. The maximum absolute atomic E-state index is 12.6. The number of urea groups is 1. The van der Waals surface area contributed by atoms with Crippen molar-refractivity contribution in [3.8, 4) is 5.75 Å². The fourth-order valence-electron chi connectivity index (χ4n) is 2.90. The summed E-state index contributed by atoms with van der Waals surface area (Å²) in [5.74, 6) is 0.00427. The van der Waals surface area contributed by atoms with E-state index in [4.69, 9.17) is 4.74 Å². The minimum Gasteiger partial charge on any atom is -0.497 e. The Kier molecular flexibility index (Phi) is 4.61. The number of carbonyl (C=O) groups is 3. The molecule has 1 aliphatic heterocycles. The van der Waals surface area contributed by atoms with E-state index >= 15 is 0 Å². The molecule has 0 bridgehead atoms. The number of nitrogens with one attached hydrogen (secondary N) is 2. The second kappa shape index (κ2) is 6.75. The van der Waals surface area contributed by atoms with Gasteiger partial charge >= 0.3 is 6.03 Å². The van der Waals surface area contributed by atoms with E-state index in [0.29, 0.717) is 22.7 Å². The van der Waals surface area contributed by atoms with Gasteiger partial charge in [-0.05, 0) is 63.2 Å². The smallest absolute Gasteiger partial charge is 0.323 e. The van der Waals surface area contributed by atoms with Crippen molar-refractivity contribution in [1.29, 1.82) is 0 Å². The molecule has 2 N–H and O–H groups in total. The molecular weight excluding hydrogens is 346 g/mol.